The average molecular weight is 617 g/mol. The van der Waals surface area contributed by atoms with E-state index in [-0.39, 0.29) is 17.2 Å². The number of rotatable bonds is 7. The van der Waals surface area contributed by atoms with Crippen LogP contribution in [0.15, 0.2) is 66.2 Å². The first-order valence-electron chi connectivity index (χ1n) is 11.1. The van der Waals surface area contributed by atoms with Crippen LogP contribution < -0.4 is 19.7 Å². The number of ether oxygens (including phenoxy) is 2. The van der Waals surface area contributed by atoms with Crippen molar-refractivity contribution >= 4 is 63.8 Å². The number of nitrogens with zero attached hydrogens (tertiary/aromatic N) is 1. The Bertz CT molecular complexity index is 1350. The second-order valence-corrected chi connectivity index (χ2v) is 9.58. The Hall–Kier alpha value is -3.37. The van der Waals surface area contributed by atoms with E-state index in [0.29, 0.717) is 22.7 Å². The summed E-state index contributed by atoms with van der Waals surface area (Å²) in [5.74, 6) is -0.846. The van der Waals surface area contributed by atoms with E-state index in [1.165, 1.54) is 13.2 Å². The fraction of sp³-hybridized carbons (Fsp3) is 0.148. The highest BCUT2D eigenvalue weighted by Crippen LogP contribution is 2.38. The van der Waals surface area contributed by atoms with Crippen LogP contribution in [0.25, 0.3) is 6.08 Å². The summed E-state index contributed by atoms with van der Waals surface area (Å²) < 4.78 is 12.5. The van der Waals surface area contributed by atoms with Gasteiger partial charge in [-0.25, -0.2) is 9.69 Å². The Kier molecular flexibility index (Phi) is 7.95. The monoisotopic (exact) mass is 616 g/mol. The van der Waals surface area contributed by atoms with Gasteiger partial charge < -0.3 is 9.47 Å². The number of hydrogen-bond donors (Lipinski definition) is 1. The molecule has 3 aromatic carbocycles. The van der Waals surface area contributed by atoms with E-state index in [1.807, 2.05) is 43.3 Å². The first-order valence-corrected chi connectivity index (χ1v) is 12.5. The highest BCUT2D eigenvalue weighted by atomic mass is 127. The summed E-state index contributed by atoms with van der Waals surface area (Å²) >= 11 is 8.71. The number of hydrogen-bond acceptors (Lipinski definition) is 5. The molecule has 0 unspecified atom stereocenters. The first kappa shape index (κ1) is 25.7. The minimum Gasteiger partial charge on any atom is -0.493 e. The van der Waals surface area contributed by atoms with E-state index in [2.05, 4.69) is 27.9 Å². The van der Waals surface area contributed by atoms with Gasteiger partial charge in [-0.05, 0) is 88.2 Å². The molecule has 0 saturated carbocycles. The second-order valence-electron chi connectivity index (χ2n) is 7.93. The molecule has 0 spiro atoms. The lowest BCUT2D eigenvalue weighted by molar-refractivity contribution is -0.122. The molecule has 0 aliphatic carbocycles. The van der Waals surface area contributed by atoms with Crippen molar-refractivity contribution in [3.63, 3.8) is 0 Å². The molecular formula is C27H22ClIN2O5. The van der Waals surface area contributed by atoms with Crippen LogP contribution in [0.4, 0.5) is 10.5 Å². The molecule has 36 heavy (non-hydrogen) atoms. The zero-order chi connectivity index (χ0) is 25.8. The molecular weight excluding hydrogens is 595 g/mol. The quantitative estimate of drug-likeness (QED) is 0.207. The SMILES string of the molecule is CCc1ccc(N2C(=O)NC(=O)/C(=C/c3cc(Cl)c(OCc4ccc(I)cc4)c(OC)c3)C2=O)cc1. The molecule has 0 radical (unpaired) electrons. The number of carbonyl (C=O) groups is 3. The lowest BCUT2D eigenvalue weighted by atomic mass is 10.1. The van der Waals surface area contributed by atoms with Crippen LogP contribution in [-0.4, -0.2) is 25.0 Å². The average Bonchev–Trinajstić information content (AvgIpc) is 2.87. The molecule has 4 amide bonds. The van der Waals surface area contributed by atoms with E-state index in [4.69, 9.17) is 21.1 Å². The highest BCUT2D eigenvalue weighted by Gasteiger charge is 2.36. The molecule has 1 aliphatic heterocycles. The molecule has 1 N–H and O–H groups in total. The molecule has 1 saturated heterocycles. The van der Waals surface area contributed by atoms with E-state index >= 15 is 0 Å². The normalized spacial score (nSPS) is 14.7. The summed E-state index contributed by atoms with van der Waals surface area (Å²) in [6.07, 6.45) is 2.19. The maximum absolute atomic E-state index is 13.2. The lowest BCUT2D eigenvalue weighted by Crippen LogP contribution is -2.54. The number of nitrogens with one attached hydrogen (secondary N) is 1. The van der Waals surface area contributed by atoms with Crippen LogP contribution in [0.3, 0.4) is 0 Å². The molecule has 4 rings (SSSR count). The Balaban J connectivity index is 1.62. The molecule has 1 fully saturated rings. The second kappa shape index (κ2) is 11.1. The van der Waals surface area contributed by atoms with Crippen LogP contribution in [0.1, 0.15) is 23.6 Å². The standard InChI is InChI=1S/C27H22ClIN2O5/c1-3-16-6-10-20(11-7-16)31-26(33)21(25(32)30-27(31)34)12-18-13-22(28)24(23(14-18)35-2)36-15-17-4-8-19(29)9-5-17/h4-14H,3,15H2,1-2H3,(H,30,32,34)/b21-12-. The van der Waals surface area contributed by atoms with Crippen molar-refractivity contribution in [1.82, 2.24) is 5.32 Å². The molecule has 3 aromatic rings. The van der Waals surface area contributed by atoms with Crippen molar-refractivity contribution in [1.29, 1.82) is 0 Å². The van der Waals surface area contributed by atoms with E-state index in [1.54, 1.807) is 24.3 Å². The first-order chi connectivity index (χ1) is 17.3. The summed E-state index contributed by atoms with van der Waals surface area (Å²) in [5.41, 5.74) is 2.61. The minimum absolute atomic E-state index is 0.208. The number of barbiturate groups is 1. The zero-order valence-electron chi connectivity index (χ0n) is 19.5. The van der Waals surface area contributed by atoms with Gasteiger partial charge in [-0.15, -0.1) is 0 Å². The van der Waals surface area contributed by atoms with Gasteiger partial charge in [-0.2, -0.15) is 0 Å². The molecule has 0 bridgehead atoms. The van der Waals surface area contributed by atoms with Crippen molar-refractivity contribution in [2.24, 2.45) is 0 Å². The molecule has 0 aromatic heterocycles. The number of halogens is 2. The van der Waals surface area contributed by atoms with Crippen molar-refractivity contribution in [3.8, 4) is 11.5 Å². The van der Waals surface area contributed by atoms with Crippen LogP contribution in [-0.2, 0) is 22.6 Å². The number of aryl methyl sites for hydroxylation is 1. The third-order valence-electron chi connectivity index (χ3n) is 5.56. The van der Waals surface area contributed by atoms with Gasteiger partial charge in [-0.1, -0.05) is 42.8 Å². The van der Waals surface area contributed by atoms with Gasteiger partial charge in [-0.3, -0.25) is 14.9 Å². The molecule has 9 heteroatoms. The number of urea groups is 1. The topological polar surface area (TPSA) is 84.9 Å². The van der Waals surface area contributed by atoms with Crippen LogP contribution in [0, 0.1) is 3.57 Å². The Morgan fingerprint density at radius 3 is 2.31 bits per heavy atom. The number of imide groups is 2. The van der Waals surface area contributed by atoms with Crippen molar-refractivity contribution in [3.05, 3.63) is 91.5 Å². The van der Waals surface area contributed by atoms with Gasteiger partial charge >= 0.3 is 6.03 Å². The number of carbonyl (C=O) groups excluding carboxylic acids is 3. The van der Waals surface area contributed by atoms with Gasteiger partial charge in [0.05, 0.1) is 17.8 Å². The summed E-state index contributed by atoms with van der Waals surface area (Å²) in [6, 6.07) is 17.2. The summed E-state index contributed by atoms with van der Waals surface area (Å²) in [6.45, 7) is 2.29. The minimum atomic E-state index is -0.804. The van der Waals surface area contributed by atoms with E-state index in [9.17, 15) is 14.4 Å². The van der Waals surface area contributed by atoms with Gasteiger partial charge in [0.1, 0.15) is 12.2 Å². The van der Waals surface area contributed by atoms with E-state index < -0.39 is 17.8 Å². The van der Waals surface area contributed by atoms with Gasteiger partial charge in [0.15, 0.2) is 11.5 Å². The predicted octanol–water partition coefficient (Wildman–Crippen LogP) is 5.76. The fourth-order valence-corrected chi connectivity index (χ4v) is 4.27. The third-order valence-corrected chi connectivity index (χ3v) is 6.56. The van der Waals surface area contributed by atoms with Crippen molar-refractivity contribution in [2.45, 2.75) is 20.0 Å². The van der Waals surface area contributed by atoms with Crippen LogP contribution >= 0.6 is 34.2 Å². The van der Waals surface area contributed by atoms with Crippen molar-refractivity contribution in [2.75, 3.05) is 12.0 Å². The zero-order valence-corrected chi connectivity index (χ0v) is 22.4. The summed E-state index contributed by atoms with van der Waals surface area (Å²) in [5, 5.41) is 2.47. The Labute approximate surface area is 227 Å². The Morgan fingerprint density at radius 1 is 1.00 bits per heavy atom. The smallest absolute Gasteiger partial charge is 0.335 e. The maximum atomic E-state index is 13.2. The maximum Gasteiger partial charge on any atom is 0.335 e. The molecule has 1 heterocycles. The Morgan fingerprint density at radius 2 is 1.67 bits per heavy atom. The van der Waals surface area contributed by atoms with Crippen molar-refractivity contribution < 1.29 is 23.9 Å². The largest absolute Gasteiger partial charge is 0.493 e. The van der Waals surface area contributed by atoms with Crippen LogP contribution in [0.5, 0.6) is 11.5 Å². The summed E-state index contributed by atoms with van der Waals surface area (Å²) in [4.78, 5) is 39.1. The number of anilines is 1. The number of benzene rings is 3. The van der Waals surface area contributed by atoms with E-state index in [0.717, 1.165) is 26.0 Å². The molecule has 184 valence electrons. The van der Waals surface area contributed by atoms with Gasteiger partial charge in [0, 0.05) is 3.57 Å². The molecule has 1 aliphatic rings. The summed E-state index contributed by atoms with van der Waals surface area (Å²) in [7, 11) is 1.47. The molecule has 7 nitrogen and oxygen atoms in total. The predicted molar refractivity (Wildman–Crippen MR) is 146 cm³/mol. The number of methoxy groups -OCH3 is 1. The fourth-order valence-electron chi connectivity index (χ4n) is 3.64. The van der Waals surface area contributed by atoms with Gasteiger partial charge in [0.2, 0.25) is 0 Å². The third kappa shape index (κ3) is 5.55. The lowest BCUT2D eigenvalue weighted by Gasteiger charge is -2.26. The van der Waals surface area contributed by atoms with Crippen LogP contribution in [0.2, 0.25) is 5.02 Å². The molecule has 0 atom stereocenters. The highest BCUT2D eigenvalue weighted by molar-refractivity contribution is 14.1. The number of amides is 4. The van der Waals surface area contributed by atoms with Gasteiger partial charge in [0.25, 0.3) is 11.8 Å².